The van der Waals surface area contributed by atoms with Crippen LogP contribution in [0.5, 0.6) is 0 Å². The van der Waals surface area contributed by atoms with Crippen LogP contribution in [0.1, 0.15) is 34.1 Å². The smallest absolute Gasteiger partial charge is 0.209 e. The maximum atomic E-state index is 12.1. The Hall–Kier alpha value is -1.44. The Morgan fingerprint density at radius 2 is 2.12 bits per heavy atom. The van der Waals surface area contributed by atoms with Gasteiger partial charge < -0.3 is 25.2 Å². The molecule has 6 nitrogen and oxygen atoms in total. The van der Waals surface area contributed by atoms with Gasteiger partial charge in [-0.3, -0.25) is 4.79 Å². The highest BCUT2D eigenvalue weighted by Crippen LogP contribution is 2.39. The quantitative estimate of drug-likeness (QED) is 0.574. The van der Waals surface area contributed by atoms with Gasteiger partial charge in [0.15, 0.2) is 5.60 Å². The molecule has 0 radical (unpaired) electrons. The highest BCUT2D eigenvalue weighted by Gasteiger charge is 2.48. The molecule has 0 bridgehead atoms. The minimum atomic E-state index is -2.03. The Morgan fingerprint density at radius 1 is 1.50 bits per heavy atom. The third-order valence-corrected chi connectivity index (χ3v) is 5.38. The van der Waals surface area contributed by atoms with E-state index in [1.807, 2.05) is 13.8 Å². The molecule has 7 heteroatoms. The summed E-state index contributed by atoms with van der Waals surface area (Å²) < 4.78 is 5.40. The second kappa shape index (κ2) is 7.29. The van der Waals surface area contributed by atoms with Crippen molar-refractivity contribution >= 4 is 17.4 Å². The van der Waals surface area contributed by atoms with Gasteiger partial charge in [0.2, 0.25) is 5.78 Å². The lowest BCUT2D eigenvalue weighted by Gasteiger charge is -2.35. The summed E-state index contributed by atoms with van der Waals surface area (Å²) in [6, 6.07) is 0. The van der Waals surface area contributed by atoms with Crippen LogP contribution in [0.15, 0.2) is 46.4 Å². The molecule has 5 atom stereocenters. The monoisotopic (exact) mass is 384 g/mol. The van der Waals surface area contributed by atoms with Crippen LogP contribution in [0.3, 0.4) is 0 Å². The predicted molar refractivity (Wildman–Crippen MR) is 97.0 cm³/mol. The zero-order valence-electron chi connectivity index (χ0n) is 15.2. The van der Waals surface area contributed by atoms with Crippen molar-refractivity contribution in [2.45, 2.75) is 57.5 Å². The summed E-state index contributed by atoms with van der Waals surface area (Å²) in [6.07, 6.45) is 3.79. The molecule has 144 valence electrons. The van der Waals surface area contributed by atoms with E-state index in [-0.39, 0.29) is 27.9 Å². The number of rotatable bonds is 5. The van der Waals surface area contributed by atoms with E-state index in [1.165, 1.54) is 38.3 Å². The summed E-state index contributed by atoms with van der Waals surface area (Å²) in [7, 11) is 0. The Bertz CT molecular complexity index is 714. The lowest BCUT2D eigenvalue weighted by molar-refractivity contribution is -0.140. The van der Waals surface area contributed by atoms with Crippen LogP contribution in [0, 0.1) is 5.92 Å². The van der Waals surface area contributed by atoms with Gasteiger partial charge in [0.1, 0.15) is 17.5 Å². The molecule has 2 aliphatic rings. The van der Waals surface area contributed by atoms with Gasteiger partial charge in [-0.2, -0.15) is 0 Å². The van der Waals surface area contributed by atoms with Crippen LogP contribution in [0.25, 0.3) is 0 Å². The van der Waals surface area contributed by atoms with E-state index < -0.39 is 29.2 Å². The lowest BCUT2D eigenvalue weighted by atomic mass is 9.79. The van der Waals surface area contributed by atoms with E-state index in [2.05, 4.69) is 0 Å². The molecule has 0 fully saturated rings. The standard InChI is InChI=1S/C19H25ClO6/c1-5-10(2)15(21)18(3,24)7-6-11-8-12-13(9-26-11)16(22)19(4,25)17(23)14(12)20/h6-10,15-16,21-22,24-25H,5H2,1-4H3. The number of aliphatic hydroxyl groups excluding tert-OH is 2. The number of carbonyl (C=O) groups excluding carboxylic acids is 1. The first-order valence-electron chi connectivity index (χ1n) is 8.47. The second-order valence-corrected chi connectivity index (χ2v) is 7.61. The summed E-state index contributed by atoms with van der Waals surface area (Å²) in [5.74, 6) is -0.618. The number of carbonyl (C=O) groups is 1. The molecule has 0 amide bonds. The second-order valence-electron chi connectivity index (χ2n) is 7.23. The molecule has 26 heavy (non-hydrogen) atoms. The zero-order valence-corrected chi connectivity index (χ0v) is 16.0. The summed E-state index contributed by atoms with van der Waals surface area (Å²) in [4.78, 5) is 12.1. The Kier molecular flexibility index (Phi) is 5.85. The molecule has 1 aliphatic heterocycles. The van der Waals surface area contributed by atoms with Crippen molar-refractivity contribution in [1.82, 2.24) is 0 Å². The van der Waals surface area contributed by atoms with Gasteiger partial charge in [-0.15, -0.1) is 0 Å². The van der Waals surface area contributed by atoms with Crippen LogP contribution < -0.4 is 0 Å². The molecular formula is C19H25ClO6. The topological polar surface area (TPSA) is 107 Å². The number of aliphatic hydroxyl groups is 4. The van der Waals surface area contributed by atoms with Crippen molar-refractivity contribution in [3.63, 3.8) is 0 Å². The van der Waals surface area contributed by atoms with Gasteiger partial charge in [-0.05, 0) is 38.0 Å². The number of allylic oxidation sites excluding steroid dienone is 2. The van der Waals surface area contributed by atoms with Gasteiger partial charge in [0.05, 0.1) is 17.4 Å². The molecule has 0 saturated carbocycles. The van der Waals surface area contributed by atoms with Crippen molar-refractivity contribution in [2.24, 2.45) is 5.92 Å². The van der Waals surface area contributed by atoms with Crippen LogP contribution in [-0.4, -0.2) is 49.6 Å². The molecule has 0 aromatic heterocycles. The van der Waals surface area contributed by atoms with E-state index in [9.17, 15) is 25.2 Å². The summed E-state index contributed by atoms with van der Waals surface area (Å²) in [5, 5.41) is 40.8. The molecule has 0 spiro atoms. The van der Waals surface area contributed by atoms with E-state index in [1.54, 1.807) is 0 Å². The molecule has 2 rings (SSSR count). The van der Waals surface area contributed by atoms with E-state index in [0.717, 1.165) is 0 Å². The molecule has 1 heterocycles. The summed E-state index contributed by atoms with van der Waals surface area (Å²) >= 11 is 6.06. The van der Waals surface area contributed by atoms with Crippen LogP contribution >= 0.6 is 11.6 Å². The van der Waals surface area contributed by atoms with Crippen molar-refractivity contribution in [3.8, 4) is 0 Å². The normalized spacial score (nSPS) is 31.0. The predicted octanol–water partition coefficient (Wildman–Crippen LogP) is 1.69. The van der Waals surface area contributed by atoms with E-state index in [4.69, 9.17) is 16.3 Å². The maximum absolute atomic E-state index is 12.1. The maximum Gasteiger partial charge on any atom is 0.209 e. The molecule has 0 aromatic rings. The number of halogens is 1. The van der Waals surface area contributed by atoms with Crippen LogP contribution in [0.2, 0.25) is 0 Å². The van der Waals surface area contributed by atoms with Crippen LogP contribution in [0.4, 0.5) is 0 Å². The molecule has 4 N–H and O–H groups in total. The van der Waals surface area contributed by atoms with Crippen molar-refractivity contribution in [2.75, 3.05) is 0 Å². The zero-order chi connectivity index (χ0) is 19.9. The average molecular weight is 385 g/mol. The summed E-state index contributed by atoms with van der Waals surface area (Å²) in [5.41, 5.74) is -3.05. The minimum absolute atomic E-state index is 0.104. The van der Waals surface area contributed by atoms with Gasteiger partial charge in [-0.1, -0.05) is 31.9 Å². The largest absolute Gasteiger partial charge is 0.465 e. The fourth-order valence-corrected chi connectivity index (χ4v) is 3.22. The Balaban J connectivity index is 2.31. The third kappa shape index (κ3) is 3.66. The van der Waals surface area contributed by atoms with Crippen molar-refractivity contribution < 1.29 is 30.0 Å². The molecule has 0 aromatic carbocycles. The SMILES string of the molecule is CCC(C)C(O)C(C)(O)C=CC1=CC2=C(Cl)C(=O)C(C)(O)C(O)C2=CO1. The number of ether oxygens (including phenoxy) is 1. The molecule has 0 saturated heterocycles. The fraction of sp³-hybridized carbons (Fsp3) is 0.526. The highest BCUT2D eigenvalue weighted by atomic mass is 35.5. The Labute approximate surface area is 157 Å². The van der Waals surface area contributed by atoms with Crippen molar-refractivity contribution in [3.05, 3.63) is 46.4 Å². The first kappa shape index (κ1) is 20.9. The number of hydrogen-bond acceptors (Lipinski definition) is 6. The van der Waals surface area contributed by atoms with Crippen LogP contribution in [-0.2, 0) is 9.53 Å². The van der Waals surface area contributed by atoms with Crippen molar-refractivity contribution in [1.29, 1.82) is 0 Å². The Morgan fingerprint density at radius 3 is 2.69 bits per heavy atom. The minimum Gasteiger partial charge on any atom is -0.465 e. The highest BCUT2D eigenvalue weighted by molar-refractivity contribution is 6.45. The number of fused-ring (bicyclic) bond motifs is 1. The fourth-order valence-electron chi connectivity index (χ4n) is 2.86. The van der Waals surface area contributed by atoms with Gasteiger partial charge in [-0.25, -0.2) is 0 Å². The molecular weight excluding hydrogens is 360 g/mol. The number of Topliss-reactive ketones (excluding diaryl/α,β-unsaturated/α-hetero) is 1. The van der Waals surface area contributed by atoms with Gasteiger partial charge in [0.25, 0.3) is 0 Å². The number of hydrogen-bond donors (Lipinski definition) is 4. The lowest BCUT2D eigenvalue weighted by Crippen LogP contribution is -2.51. The van der Waals surface area contributed by atoms with E-state index in [0.29, 0.717) is 6.42 Å². The third-order valence-electron chi connectivity index (χ3n) is 5.01. The number of ketones is 1. The average Bonchev–Trinajstić information content (AvgIpc) is 2.61. The summed E-state index contributed by atoms with van der Waals surface area (Å²) in [6.45, 7) is 6.43. The first-order valence-corrected chi connectivity index (χ1v) is 8.84. The molecule has 1 aliphatic carbocycles. The van der Waals surface area contributed by atoms with E-state index >= 15 is 0 Å². The molecule has 5 unspecified atom stereocenters. The van der Waals surface area contributed by atoms with Gasteiger partial charge in [0, 0.05) is 11.1 Å². The first-order chi connectivity index (χ1) is 11.9. The van der Waals surface area contributed by atoms with Gasteiger partial charge >= 0.3 is 0 Å².